The molecule has 1 amide bonds. The number of benzene rings is 1. The fourth-order valence-electron chi connectivity index (χ4n) is 4.43. The molecule has 2 aromatic heterocycles. The van der Waals surface area contributed by atoms with E-state index in [0.717, 1.165) is 69.4 Å². The third-order valence-corrected chi connectivity index (χ3v) is 6.35. The molecule has 2 saturated heterocycles. The third-order valence-electron chi connectivity index (χ3n) is 6.35. The predicted octanol–water partition coefficient (Wildman–Crippen LogP) is 1.93. The third kappa shape index (κ3) is 5.64. The van der Waals surface area contributed by atoms with E-state index >= 15 is 0 Å². The van der Waals surface area contributed by atoms with Gasteiger partial charge in [-0.2, -0.15) is 0 Å². The molecule has 11 heteroatoms. The van der Waals surface area contributed by atoms with Gasteiger partial charge >= 0.3 is 7.62 Å². The Kier molecular flexibility index (Phi) is 7.70. The zero-order valence-electron chi connectivity index (χ0n) is 20.3. The van der Waals surface area contributed by atoms with Crippen LogP contribution < -0.4 is 15.1 Å². The van der Waals surface area contributed by atoms with Crippen LogP contribution in [0.15, 0.2) is 55.0 Å². The summed E-state index contributed by atoms with van der Waals surface area (Å²) in [4.78, 5) is 32.9. The second kappa shape index (κ2) is 11.5. The van der Waals surface area contributed by atoms with Gasteiger partial charge < -0.3 is 29.3 Å². The van der Waals surface area contributed by atoms with Crippen molar-refractivity contribution in [2.24, 2.45) is 0 Å². The molecule has 0 aliphatic carbocycles. The lowest BCUT2D eigenvalue weighted by atomic mass is 10.1. The quantitative estimate of drug-likeness (QED) is 0.503. The van der Waals surface area contributed by atoms with Crippen molar-refractivity contribution in [2.75, 3.05) is 74.7 Å². The molecule has 1 aromatic carbocycles. The molecule has 10 nitrogen and oxygen atoms in total. The highest BCUT2D eigenvalue weighted by Gasteiger charge is 2.21. The number of carbonyl (C=O) groups is 1. The van der Waals surface area contributed by atoms with Gasteiger partial charge in [0.2, 0.25) is 0 Å². The molecular formula is C25H29BN7O3. The molecule has 2 aliphatic rings. The highest BCUT2D eigenvalue weighted by molar-refractivity contribution is 6.23. The molecule has 0 atom stereocenters. The van der Waals surface area contributed by atoms with Crippen LogP contribution in [0.2, 0.25) is 0 Å². The first-order valence-corrected chi connectivity index (χ1v) is 12.1. The lowest BCUT2D eigenvalue weighted by Gasteiger charge is -2.36. The summed E-state index contributed by atoms with van der Waals surface area (Å²) in [5, 5.41) is 2.99. The maximum Gasteiger partial charge on any atom is 0.398 e. The van der Waals surface area contributed by atoms with E-state index in [1.165, 1.54) is 0 Å². The smallest absolute Gasteiger partial charge is 0.398 e. The van der Waals surface area contributed by atoms with Crippen molar-refractivity contribution < 1.29 is 14.2 Å². The van der Waals surface area contributed by atoms with Crippen molar-refractivity contribution in [1.82, 2.24) is 19.8 Å². The first-order chi connectivity index (χ1) is 17.7. The minimum absolute atomic E-state index is 0.298. The molecule has 36 heavy (non-hydrogen) atoms. The van der Waals surface area contributed by atoms with Gasteiger partial charge in [0, 0.05) is 70.0 Å². The molecule has 0 spiro atoms. The predicted molar refractivity (Wildman–Crippen MR) is 139 cm³/mol. The Morgan fingerprint density at radius 1 is 0.972 bits per heavy atom. The van der Waals surface area contributed by atoms with Crippen molar-refractivity contribution in [3.05, 3.63) is 60.7 Å². The van der Waals surface area contributed by atoms with E-state index in [4.69, 9.17) is 9.39 Å². The summed E-state index contributed by atoms with van der Waals surface area (Å²) < 4.78 is 10.6. The van der Waals surface area contributed by atoms with Crippen molar-refractivity contribution in [2.45, 2.75) is 0 Å². The second-order valence-corrected chi connectivity index (χ2v) is 8.62. The fourth-order valence-corrected chi connectivity index (χ4v) is 4.43. The molecular weight excluding hydrogens is 457 g/mol. The minimum atomic E-state index is -0.302. The standard InChI is InChI=1S/C25H29BN7O3/c1-35-26-33-12-10-32(11-13-33)23-7-8-27-18-22(23)30-25(34)21-6-9-28-24(29-21)19-2-4-20(5-3-19)31-14-16-36-17-15-31/h2-9,18H,10-17H2,1H3,(H,30,34). The van der Waals surface area contributed by atoms with E-state index in [1.807, 2.05) is 18.2 Å². The number of amides is 1. The molecule has 0 bridgehead atoms. The van der Waals surface area contributed by atoms with Crippen LogP contribution in [0.25, 0.3) is 11.4 Å². The van der Waals surface area contributed by atoms with E-state index in [2.05, 4.69) is 47.0 Å². The minimum Gasteiger partial charge on any atom is -0.427 e. The van der Waals surface area contributed by atoms with Crippen molar-refractivity contribution >= 4 is 30.6 Å². The number of ether oxygens (including phenoxy) is 1. The largest absolute Gasteiger partial charge is 0.427 e. The average Bonchev–Trinajstić information content (AvgIpc) is 2.95. The topological polar surface area (TPSA) is 96.0 Å². The normalized spacial score (nSPS) is 16.6. The number of nitrogens with one attached hydrogen (secondary N) is 1. The summed E-state index contributed by atoms with van der Waals surface area (Å²) in [5.74, 6) is 0.206. The summed E-state index contributed by atoms with van der Waals surface area (Å²) in [6.45, 7) is 6.53. The van der Waals surface area contributed by atoms with E-state index in [0.29, 0.717) is 17.2 Å². The Morgan fingerprint density at radius 3 is 2.50 bits per heavy atom. The fraction of sp³-hybridized carbons (Fsp3) is 0.360. The monoisotopic (exact) mass is 486 g/mol. The van der Waals surface area contributed by atoms with Crippen molar-refractivity contribution in [3.63, 3.8) is 0 Å². The number of nitrogens with zero attached hydrogens (tertiary/aromatic N) is 6. The van der Waals surface area contributed by atoms with Crippen LogP contribution >= 0.6 is 0 Å². The van der Waals surface area contributed by atoms with Gasteiger partial charge in [0.1, 0.15) is 5.69 Å². The average molecular weight is 486 g/mol. The molecule has 3 aromatic rings. The van der Waals surface area contributed by atoms with Crippen LogP contribution in [-0.4, -0.2) is 92.9 Å². The number of anilines is 3. The Labute approximate surface area is 211 Å². The molecule has 5 rings (SSSR count). The van der Waals surface area contributed by atoms with Crippen molar-refractivity contribution in [3.8, 4) is 11.4 Å². The highest BCUT2D eigenvalue weighted by atomic mass is 16.5. The Bertz CT molecular complexity index is 1170. The molecule has 185 valence electrons. The summed E-state index contributed by atoms with van der Waals surface area (Å²) in [7, 11) is 3.40. The van der Waals surface area contributed by atoms with Gasteiger partial charge in [-0.15, -0.1) is 0 Å². The highest BCUT2D eigenvalue weighted by Crippen LogP contribution is 2.26. The van der Waals surface area contributed by atoms with E-state index < -0.39 is 0 Å². The first kappa shape index (κ1) is 24.2. The molecule has 0 unspecified atom stereocenters. The van der Waals surface area contributed by atoms with Gasteiger partial charge in [-0.25, -0.2) is 9.97 Å². The van der Waals surface area contributed by atoms with Gasteiger partial charge in [0.15, 0.2) is 5.82 Å². The van der Waals surface area contributed by atoms with Crippen LogP contribution in [0.5, 0.6) is 0 Å². The van der Waals surface area contributed by atoms with Crippen LogP contribution in [0, 0.1) is 0 Å². The summed E-state index contributed by atoms with van der Waals surface area (Å²) in [6, 6.07) is 11.6. The maximum atomic E-state index is 13.1. The molecule has 4 heterocycles. The second-order valence-electron chi connectivity index (χ2n) is 8.62. The van der Waals surface area contributed by atoms with Crippen LogP contribution in [0.3, 0.4) is 0 Å². The SMILES string of the molecule is CO[B]N1CCN(c2ccncc2NC(=O)c2ccnc(-c3ccc(N4CCOCC4)cc3)n2)CC1. The number of morpholine rings is 1. The molecule has 1 radical (unpaired) electrons. The summed E-state index contributed by atoms with van der Waals surface area (Å²) >= 11 is 0. The summed E-state index contributed by atoms with van der Waals surface area (Å²) in [5.41, 5.74) is 3.88. The van der Waals surface area contributed by atoms with Gasteiger partial charge in [0.05, 0.1) is 30.8 Å². The lowest BCUT2D eigenvalue weighted by molar-refractivity contribution is 0.102. The number of aromatic nitrogens is 3. The summed E-state index contributed by atoms with van der Waals surface area (Å²) in [6.07, 6.45) is 5.03. The number of hydrogen-bond acceptors (Lipinski definition) is 9. The van der Waals surface area contributed by atoms with Gasteiger partial charge in [-0.3, -0.25) is 9.78 Å². The number of rotatable bonds is 7. The van der Waals surface area contributed by atoms with Crippen LogP contribution in [0.1, 0.15) is 10.5 Å². The Balaban J connectivity index is 1.28. The number of pyridine rings is 1. The van der Waals surface area contributed by atoms with Gasteiger partial charge in [-0.05, 0) is 36.4 Å². The molecule has 0 saturated carbocycles. The zero-order valence-corrected chi connectivity index (χ0v) is 20.3. The lowest BCUT2D eigenvalue weighted by Crippen LogP contribution is -2.48. The Morgan fingerprint density at radius 2 is 1.75 bits per heavy atom. The first-order valence-electron chi connectivity index (χ1n) is 12.1. The zero-order chi connectivity index (χ0) is 24.7. The molecule has 2 aliphatic heterocycles. The van der Waals surface area contributed by atoms with Crippen molar-refractivity contribution in [1.29, 1.82) is 0 Å². The van der Waals surface area contributed by atoms with Crippen LogP contribution in [-0.2, 0) is 9.39 Å². The van der Waals surface area contributed by atoms with E-state index in [9.17, 15) is 4.79 Å². The maximum absolute atomic E-state index is 13.1. The van der Waals surface area contributed by atoms with E-state index in [1.54, 1.807) is 39.4 Å². The van der Waals surface area contributed by atoms with Crippen LogP contribution in [0.4, 0.5) is 17.1 Å². The number of carbonyl (C=O) groups excluding carboxylic acids is 1. The number of piperazine rings is 1. The molecule has 2 fully saturated rings. The van der Waals surface area contributed by atoms with Gasteiger partial charge in [-0.1, -0.05) is 0 Å². The number of hydrogen-bond donors (Lipinski definition) is 1. The van der Waals surface area contributed by atoms with E-state index in [-0.39, 0.29) is 5.91 Å². The Hall–Kier alpha value is -3.54. The molecule has 1 N–H and O–H groups in total. The van der Waals surface area contributed by atoms with Gasteiger partial charge in [0.25, 0.3) is 5.91 Å².